The summed E-state index contributed by atoms with van der Waals surface area (Å²) in [4.78, 5) is 26.5. The third kappa shape index (κ3) is 7.50. The number of nitrogens with zero attached hydrogens (tertiary/aromatic N) is 3. The summed E-state index contributed by atoms with van der Waals surface area (Å²) in [5, 5.41) is 25.3. The van der Waals surface area contributed by atoms with E-state index in [9.17, 15) is 14.9 Å². The van der Waals surface area contributed by atoms with Crippen LogP contribution in [0.15, 0.2) is 48.6 Å². The molecule has 2 aromatic rings. The van der Waals surface area contributed by atoms with E-state index in [-0.39, 0.29) is 0 Å². The van der Waals surface area contributed by atoms with Gasteiger partial charge >= 0.3 is 11.9 Å². The highest BCUT2D eigenvalue weighted by Crippen LogP contribution is 2.28. The second-order valence-electron chi connectivity index (χ2n) is 6.38. The van der Waals surface area contributed by atoms with E-state index in [1.165, 1.54) is 16.9 Å². The third-order valence-corrected chi connectivity index (χ3v) is 5.00. The number of aliphatic carboxylic acids is 2. The number of carboxylic acid groups (broad SMARTS) is 2. The summed E-state index contributed by atoms with van der Waals surface area (Å²) < 4.78 is 0. The molecule has 0 saturated carbocycles. The zero-order chi connectivity index (χ0) is 21.9. The van der Waals surface area contributed by atoms with Crippen molar-refractivity contribution in [2.45, 2.75) is 12.8 Å². The molecule has 0 bridgehead atoms. The predicted octanol–water partition coefficient (Wildman–Crippen LogP) is 2.64. The number of nitrogens with two attached hydrogens (primary N) is 1. The highest BCUT2D eigenvalue weighted by atomic mass is 32.1. The SMILES string of the molecule is N#Cc1sc(N)nc1C1=CCCN(CCc2ccccc2)C1.O=C(O)C=CC(=O)O. The number of aromatic nitrogens is 1. The maximum absolute atomic E-state index is 9.55. The van der Waals surface area contributed by atoms with Gasteiger partial charge in [0.05, 0.1) is 5.69 Å². The van der Waals surface area contributed by atoms with Gasteiger partial charge in [-0.05, 0) is 24.0 Å². The van der Waals surface area contributed by atoms with Crippen LogP contribution in [0.4, 0.5) is 5.13 Å². The molecule has 0 atom stereocenters. The maximum Gasteiger partial charge on any atom is 0.328 e. The van der Waals surface area contributed by atoms with E-state index in [0.29, 0.717) is 22.2 Å². The first-order valence-corrected chi connectivity index (χ1v) is 9.96. The molecule has 8 nitrogen and oxygen atoms in total. The van der Waals surface area contributed by atoms with Crippen LogP contribution in [0.2, 0.25) is 0 Å². The second kappa shape index (κ2) is 11.5. The molecule has 0 spiro atoms. The van der Waals surface area contributed by atoms with Crippen molar-refractivity contribution in [1.29, 1.82) is 5.26 Å². The van der Waals surface area contributed by atoms with Crippen LogP contribution in [-0.4, -0.2) is 51.7 Å². The smallest absolute Gasteiger partial charge is 0.328 e. The van der Waals surface area contributed by atoms with Crippen molar-refractivity contribution >= 4 is 34.0 Å². The van der Waals surface area contributed by atoms with E-state index < -0.39 is 11.9 Å². The minimum Gasteiger partial charge on any atom is -0.478 e. The standard InChI is InChI=1S/C17H18N4S.C4H4O4/c18-11-15-16(20-17(19)22-15)14-7-4-9-21(12-14)10-8-13-5-2-1-3-6-13;5-3(6)1-2-4(7)8/h1-3,5-7H,4,8-10,12H2,(H2,19,20);1-2H,(H,5,6)(H,7,8). The summed E-state index contributed by atoms with van der Waals surface area (Å²) >= 11 is 1.27. The van der Waals surface area contributed by atoms with E-state index in [2.05, 4.69) is 46.3 Å². The molecular weight excluding hydrogens is 404 g/mol. The Morgan fingerprint density at radius 3 is 2.50 bits per heavy atom. The van der Waals surface area contributed by atoms with Crippen molar-refractivity contribution in [3.05, 3.63) is 64.7 Å². The zero-order valence-electron chi connectivity index (χ0n) is 16.2. The molecule has 30 heavy (non-hydrogen) atoms. The molecule has 4 N–H and O–H groups in total. The molecule has 0 radical (unpaired) electrons. The quantitative estimate of drug-likeness (QED) is 0.599. The summed E-state index contributed by atoms with van der Waals surface area (Å²) in [6.07, 6.45) is 5.34. The number of benzene rings is 1. The first kappa shape index (κ1) is 22.8. The zero-order valence-corrected chi connectivity index (χ0v) is 17.0. The number of carbonyl (C=O) groups is 2. The summed E-state index contributed by atoms with van der Waals surface area (Å²) in [6.45, 7) is 2.91. The van der Waals surface area contributed by atoms with E-state index in [4.69, 9.17) is 15.9 Å². The van der Waals surface area contributed by atoms with Gasteiger partial charge in [-0.15, -0.1) is 0 Å². The number of thiazole rings is 1. The fourth-order valence-electron chi connectivity index (χ4n) is 2.87. The fourth-order valence-corrected chi connectivity index (χ4v) is 3.54. The van der Waals surface area contributed by atoms with Gasteiger partial charge in [0.25, 0.3) is 0 Å². The molecule has 9 heteroatoms. The van der Waals surface area contributed by atoms with E-state index in [1.54, 1.807) is 0 Å². The first-order chi connectivity index (χ1) is 14.4. The van der Waals surface area contributed by atoms with Gasteiger partial charge in [0.15, 0.2) is 5.13 Å². The molecule has 3 rings (SSSR count). The van der Waals surface area contributed by atoms with Crippen LogP contribution < -0.4 is 5.73 Å². The average molecular weight is 426 g/mol. The van der Waals surface area contributed by atoms with Gasteiger partial charge in [-0.25, -0.2) is 14.6 Å². The molecule has 156 valence electrons. The summed E-state index contributed by atoms with van der Waals surface area (Å²) in [6, 6.07) is 12.7. The van der Waals surface area contributed by atoms with Crippen molar-refractivity contribution in [3.8, 4) is 6.07 Å². The van der Waals surface area contributed by atoms with Crippen LogP contribution in [0.5, 0.6) is 0 Å². The maximum atomic E-state index is 9.55. The lowest BCUT2D eigenvalue weighted by molar-refractivity contribution is -0.134. The molecule has 0 amide bonds. The Kier molecular flexibility index (Phi) is 8.75. The number of nitrogen functional groups attached to an aromatic ring is 1. The van der Waals surface area contributed by atoms with E-state index >= 15 is 0 Å². The molecule has 0 unspecified atom stereocenters. The highest BCUT2D eigenvalue weighted by molar-refractivity contribution is 7.16. The predicted molar refractivity (Wildman–Crippen MR) is 115 cm³/mol. The lowest BCUT2D eigenvalue weighted by Crippen LogP contribution is -2.31. The van der Waals surface area contributed by atoms with Crippen molar-refractivity contribution in [2.24, 2.45) is 0 Å². The van der Waals surface area contributed by atoms with E-state index in [1.807, 2.05) is 6.07 Å². The van der Waals surface area contributed by atoms with Gasteiger partial charge < -0.3 is 15.9 Å². The van der Waals surface area contributed by atoms with Crippen molar-refractivity contribution in [3.63, 3.8) is 0 Å². The topological polar surface area (TPSA) is 141 Å². The number of hydrogen-bond acceptors (Lipinski definition) is 7. The largest absolute Gasteiger partial charge is 0.478 e. The van der Waals surface area contributed by atoms with Crippen molar-refractivity contribution < 1.29 is 19.8 Å². The monoisotopic (exact) mass is 426 g/mol. The lowest BCUT2D eigenvalue weighted by atomic mass is 10.0. The van der Waals surface area contributed by atoms with Crippen LogP contribution in [0, 0.1) is 11.3 Å². The number of carboxylic acids is 2. The summed E-state index contributed by atoms with van der Waals surface area (Å²) in [5.41, 5.74) is 9.00. The van der Waals surface area contributed by atoms with Crippen LogP contribution in [0.25, 0.3) is 5.57 Å². The minimum absolute atomic E-state index is 0.467. The van der Waals surface area contributed by atoms with E-state index in [0.717, 1.165) is 43.7 Å². The average Bonchev–Trinajstić information content (AvgIpc) is 3.13. The lowest BCUT2D eigenvalue weighted by Gasteiger charge is -2.26. The number of anilines is 1. The Morgan fingerprint density at radius 1 is 1.23 bits per heavy atom. The second-order valence-corrected chi connectivity index (χ2v) is 7.41. The van der Waals surface area contributed by atoms with Crippen LogP contribution >= 0.6 is 11.3 Å². The molecule has 1 aromatic heterocycles. The highest BCUT2D eigenvalue weighted by Gasteiger charge is 2.19. The Bertz CT molecular complexity index is 961. The number of rotatable bonds is 6. The Hall–Kier alpha value is -3.48. The minimum atomic E-state index is -1.26. The Balaban J connectivity index is 0.000000343. The third-order valence-electron chi connectivity index (χ3n) is 4.21. The summed E-state index contributed by atoms with van der Waals surface area (Å²) in [7, 11) is 0. The molecule has 2 heterocycles. The fraction of sp³-hybridized carbons (Fsp3) is 0.238. The molecule has 0 aliphatic carbocycles. The number of nitriles is 1. The first-order valence-electron chi connectivity index (χ1n) is 9.15. The van der Waals surface area contributed by atoms with Crippen molar-refractivity contribution in [1.82, 2.24) is 9.88 Å². The normalized spacial score (nSPS) is 13.8. The summed E-state index contributed by atoms with van der Waals surface area (Å²) in [5.74, 6) is -2.51. The molecule has 1 aliphatic heterocycles. The Labute approximate surface area is 178 Å². The molecule has 1 aromatic carbocycles. The van der Waals surface area contributed by atoms with Gasteiger partial charge in [-0.1, -0.05) is 47.7 Å². The van der Waals surface area contributed by atoms with Gasteiger partial charge in [0.1, 0.15) is 10.9 Å². The number of hydrogen-bond donors (Lipinski definition) is 3. The van der Waals surface area contributed by atoms with Crippen LogP contribution in [0.3, 0.4) is 0 Å². The van der Waals surface area contributed by atoms with Gasteiger partial charge in [0.2, 0.25) is 0 Å². The van der Waals surface area contributed by atoms with Gasteiger partial charge in [-0.3, -0.25) is 4.90 Å². The van der Waals surface area contributed by atoms with Crippen LogP contribution in [-0.2, 0) is 16.0 Å². The van der Waals surface area contributed by atoms with Crippen LogP contribution in [0.1, 0.15) is 22.6 Å². The van der Waals surface area contributed by atoms with Gasteiger partial charge in [-0.2, -0.15) is 5.26 Å². The molecular formula is C21H22N4O4S. The van der Waals surface area contributed by atoms with Crippen molar-refractivity contribution in [2.75, 3.05) is 25.4 Å². The molecule has 0 saturated heterocycles. The molecule has 1 aliphatic rings. The molecule has 0 fully saturated rings. The Morgan fingerprint density at radius 2 is 1.90 bits per heavy atom. The van der Waals surface area contributed by atoms with Gasteiger partial charge in [0, 0.05) is 31.8 Å².